The first-order valence-corrected chi connectivity index (χ1v) is 8.26. The van der Waals surface area contributed by atoms with Gasteiger partial charge in [0, 0.05) is 31.2 Å². The average Bonchev–Trinajstić information content (AvgIpc) is 2.50. The monoisotopic (exact) mass is 304 g/mol. The number of carbonyl (C=O) groups excluding carboxylic acids is 1. The number of nitrogens with zero attached hydrogens (tertiary/aromatic N) is 1. The second kappa shape index (κ2) is 7.75. The third-order valence-electron chi connectivity index (χ3n) is 4.64. The van der Waals surface area contributed by atoms with E-state index in [1.54, 1.807) is 0 Å². The van der Waals surface area contributed by atoms with Crippen LogP contribution in [-0.2, 0) is 11.3 Å². The molecule has 4 heteroatoms. The van der Waals surface area contributed by atoms with Crippen molar-refractivity contribution in [1.82, 2.24) is 4.90 Å². The number of amides is 1. The van der Waals surface area contributed by atoms with E-state index in [0.29, 0.717) is 5.92 Å². The predicted molar refractivity (Wildman–Crippen MR) is 89.6 cm³/mol. The zero-order valence-corrected chi connectivity index (χ0v) is 13.9. The number of benzene rings is 1. The van der Waals surface area contributed by atoms with Crippen molar-refractivity contribution in [1.29, 1.82) is 0 Å². The first-order valence-electron chi connectivity index (χ1n) is 8.26. The lowest BCUT2D eigenvalue weighted by atomic mass is 9.97. The predicted octanol–water partition coefficient (Wildman–Crippen LogP) is 2.87. The summed E-state index contributed by atoms with van der Waals surface area (Å²) in [6, 6.07) is 8.01. The van der Waals surface area contributed by atoms with Crippen LogP contribution in [0.5, 0.6) is 0 Å². The summed E-state index contributed by atoms with van der Waals surface area (Å²) in [6.07, 6.45) is 1.51. The van der Waals surface area contributed by atoms with Crippen LogP contribution in [-0.4, -0.2) is 35.1 Å². The number of carbonyl (C=O) groups is 1. The Bertz CT molecular complexity index is 494. The molecule has 0 spiro atoms. The summed E-state index contributed by atoms with van der Waals surface area (Å²) >= 11 is 0. The van der Waals surface area contributed by atoms with Gasteiger partial charge in [0.05, 0.1) is 6.10 Å². The molecule has 1 aliphatic rings. The summed E-state index contributed by atoms with van der Waals surface area (Å²) in [5.74, 6) is 0.408. The number of likely N-dealkylation sites (tertiary alicyclic amines) is 1. The van der Waals surface area contributed by atoms with E-state index in [1.165, 1.54) is 0 Å². The molecule has 1 aromatic carbocycles. The van der Waals surface area contributed by atoms with E-state index in [-0.39, 0.29) is 17.9 Å². The highest BCUT2D eigenvalue weighted by atomic mass is 16.3. The fourth-order valence-corrected chi connectivity index (χ4v) is 2.65. The molecule has 1 amide bonds. The fraction of sp³-hybridized carbons (Fsp3) is 0.611. The third kappa shape index (κ3) is 4.55. The van der Waals surface area contributed by atoms with Crippen molar-refractivity contribution in [2.24, 2.45) is 11.8 Å². The number of para-hydroxylation sites is 1. The minimum atomic E-state index is -0.155. The van der Waals surface area contributed by atoms with E-state index in [9.17, 15) is 9.90 Å². The molecule has 2 N–H and O–H groups in total. The summed E-state index contributed by atoms with van der Waals surface area (Å²) in [5, 5.41) is 12.7. The molecule has 22 heavy (non-hydrogen) atoms. The number of piperidine rings is 1. The van der Waals surface area contributed by atoms with Crippen molar-refractivity contribution in [2.45, 2.75) is 46.3 Å². The molecule has 0 bridgehead atoms. The molecule has 0 unspecified atom stereocenters. The number of nitrogens with one attached hydrogen (secondary N) is 1. The van der Waals surface area contributed by atoms with Crippen LogP contribution in [0.3, 0.4) is 0 Å². The van der Waals surface area contributed by atoms with Gasteiger partial charge in [-0.1, -0.05) is 39.0 Å². The van der Waals surface area contributed by atoms with Gasteiger partial charge in [-0.2, -0.15) is 0 Å². The number of hydrogen-bond acceptors (Lipinski definition) is 3. The molecule has 1 aliphatic heterocycles. The standard InChI is InChI=1S/C18H28N2O2/c1-13(2)14(3)18(22)19-17-7-5-4-6-15(17)12-20-10-8-16(21)9-11-20/h4-7,13-14,16,21H,8-12H2,1-3H3,(H,19,22)/t14-/m0/s1. The number of aliphatic hydroxyl groups excluding tert-OH is 1. The number of anilines is 1. The Hall–Kier alpha value is -1.39. The first-order chi connectivity index (χ1) is 10.5. The molecule has 0 aromatic heterocycles. The van der Waals surface area contributed by atoms with Gasteiger partial charge in [0.15, 0.2) is 0 Å². The molecule has 1 saturated heterocycles. The normalized spacial score (nSPS) is 18.4. The summed E-state index contributed by atoms with van der Waals surface area (Å²) < 4.78 is 0. The highest BCUT2D eigenvalue weighted by Gasteiger charge is 2.20. The quantitative estimate of drug-likeness (QED) is 0.879. The van der Waals surface area contributed by atoms with Crippen LogP contribution in [0.1, 0.15) is 39.2 Å². The highest BCUT2D eigenvalue weighted by molar-refractivity contribution is 5.93. The second-order valence-electron chi connectivity index (χ2n) is 6.69. The Morgan fingerprint density at radius 3 is 2.55 bits per heavy atom. The lowest BCUT2D eigenvalue weighted by Gasteiger charge is -2.30. The molecular formula is C18H28N2O2. The van der Waals surface area contributed by atoms with E-state index < -0.39 is 0 Å². The maximum atomic E-state index is 12.3. The Labute approximate surface area is 133 Å². The van der Waals surface area contributed by atoms with Crippen LogP contribution >= 0.6 is 0 Å². The zero-order chi connectivity index (χ0) is 16.1. The molecule has 0 radical (unpaired) electrons. The van der Waals surface area contributed by atoms with E-state index in [1.807, 2.05) is 25.1 Å². The maximum absolute atomic E-state index is 12.3. The van der Waals surface area contributed by atoms with E-state index in [0.717, 1.165) is 43.7 Å². The molecular weight excluding hydrogens is 276 g/mol. The minimum absolute atomic E-state index is 0.00168. The summed E-state index contributed by atoms with van der Waals surface area (Å²) in [4.78, 5) is 14.6. The van der Waals surface area contributed by atoms with E-state index >= 15 is 0 Å². The van der Waals surface area contributed by atoms with Crippen LogP contribution in [0, 0.1) is 11.8 Å². The van der Waals surface area contributed by atoms with Gasteiger partial charge in [0.1, 0.15) is 0 Å². The smallest absolute Gasteiger partial charge is 0.227 e. The topological polar surface area (TPSA) is 52.6 Å². The lowest BCUT2D eigenvalue weighted by molar-refractivity contribution is -0.120. The van der Waals surface area contributed by atoms with Gasteiger partial charge in [-0.3, -0.25) is 9.69 Å². The number of hydrogen-bond donors (Lipinski definition) is 2. The molecule has 1 fully saturated rings. The van der Waals surface area contributed by atoms with Crippen LogP contribution < -0.4 is 5.32 Å². The molecule has 1 heterocycles. The van der Waals surface area contributed by atoms with Crippen molar-refractivity contribution < 1.29 is 9.90 Å². The molecule has 4 nitrogen and oxygen atoms in total. The summed E-state index contributed by atoms with van der Waals surface area (Å²) in [7, 11) is 0. The van der Waals surface area contributed by atoms with Gasteiger partial charge in [0.25, 0.3) is 0 Å². The van der Waals surface area contributed by atoms with Crippen molar-refractivity contribution in [3.05, 3.63) is 29.8 Å². The van der Waals surface area contributed by atoms with E-state index in [4.69, 9.17) is 0 Å². The molecule has 0 aliphatic carbocycles. The largest absolute Gasteiger partial charge is 0.393 e. The average molecular weight is 304 g/mol. The van der Waals surface area contributed by atoms with Gasteiger partial charge >= 0.3 is 0 Å². The Kier molecular flexibility index (Phi) is 5.98. The van der Waals surface area contributed by atoms with Gasteiger partial charge in [-0.05, 0) is 30.4 Å². The first kappa shape index (κ1) is 17.0. The summed E-state index contributed by atoms with van der Waals surface area (Å²) in [5.41, 5.74) is 2.05. The van der Waals surface area contributed by atoms with Crippen molar-refractivity contribution in [3.63, 3.8) is 0 Å². The maximum Gasteiger partial charge on any atom is 0.227 e. The van der Waals surface area contributed by atoms with Gasteiger partial charge < -0.3 is 10.4 Å². The molecule has 0 saturated carbocycles. The molecule has 1 atom stereocenters. The Balaban J connectivity index is 2.02. The molecule has 2 rings (SSSR count). The summed E-state index contributed by atoms with van der Waals surface area (Å²) in [6.45, 7) is 8.73. The molecule has 1 aromatic rings. The van der Waals surface area contributed by atoms with Gasteiger partial charge in [-0.25, -0.2) is 0 Å². The van der Waals surface area contributed by atoms with Crippen LogP contribution in [0.2, 0.25) is 0 Å². The van der Waals surface area contributed by atoms with E-state index in [2.05, 4.69) is 30.1 Å². The van der Waals surface area contributed by atoms with Crippen molar-refractivity contribution in [3.8, 4) is 0 Å². The van der Waals surface area contributed by atoms with Crippen LogP contribution in [0.4, 0.5) is 5.69 Å². The third-order valence-corrected chi connectivity index (χ3v) is 4.64. The Morgan fingerprint density at radius 1 is 1.27 bits per heavy atom. The highest BCUT2D eigenvalue weighted by Crippen LogP contribution is 2.21. The van der Waals surface area contributed by atoms with Gasteiger partial charge in [0.2, 0.25) is 5.91 Å². The SMILES string of the molecule is CC(C)[C@H](C)C(=O)Nc1ccccc1CN1CCC(O)CC1. The lowest BCUT2D eigenvalue weighted by Crippen LogP contribution is -2.35. The second-order valence-corrected chi connectivity index (χ2v) is 6.69. The Morgan fingerprint density at radius 2 is 1.91 bits per heavy atom. The minimum Gasteiger partial charge on any atom is -0.393 e. The van der Waals surface area contributed by atoms with Crippen LogP contribution in [0.25, 0.3) is 0 Å². The van der Waals surface area contributed by atoms with Crippen LogP contribution in [0.15, 0.2) is 24.3 Å². The number of aliphatic hydroxyl groups is 1. The van der Waals surface area contributed by atoms with Gasteiger partial charge in [-0.15, -0.1) is 0 Å². The van der Waals surface area contributed by atoms with Crippen molar-refractivity contribution >= 4 is 11.6 Å². The zero-order valence-electron chi connectivity index (χ0n) is 13.9. The molecule has 122 valence electrons. The van der Waals surface area contributed by atoms with Crippen molar-refractivity contribution in [2.75, 3.05) is 18.4 Å². The number of rotatable bonds is 5. The fourth-order valence-electron chi connectivity index (χ4n) is 2.65.